The van der Waals surface area contributed by atoms with Gasteiger partial charge in [-0.3, -0.25) is 4.40 Å². The minimum absolute atomic E-state index is 0.321. The van der Waals surface area contributed by atoms with Gasteiger partial charge in [0.15, 0.2) is 11.5 Å². The van der Waals surface area contributed by atoms with E-state index in [1.807, 2.05) is 4.90 Å². The van der Waals surface area contributed by atoms with Crippen LogP contribution in [0.15, 0.2) is 30.9 Å². The lowest BCUT2D eigenvalue weighted by Gasteiger charge is -2.36. The Morgan fingerprint density at radius 1 is 1.26 bits per heavy atom. The highest BCUT2D eigenvalue weighted by atomic mass is 32.2. The van der Waals surface area contributed by atoms with Crippen LogP contribution in [-0.2, 0) is 14.8 Å². The molecular formula is C18H21F2N7O3S. The average Bonchev–Trinajstić information content (AvgIpc) is 3.16. The number of imidazole rings is 1. The number of alkyl halides is 2. The first-order valence-corrected chi connectivity index (χ1v) is 11.4. The first-order valence-electron chi connectivity index (χ1n) is 9.49. The van der Waals surface area contributed by atoms with Crippen molar-refractivity contribution in [3.05, 3.63) is 36.5 Å². The number of hydrogen-bond donors (Lipinski definition) is 1. The molecule has 0 saturated carbocycles. The molecule has 166 valence electrons. The van der Waals surface area contributed by atoms with Crippen molar-refractivity contribution < 1.29 is 21.9 Å². The van der Waals surface area contributed by atoms with Crippen LogP contribution in [0.4, 0.5) is 14.6 Å². The van der Waals surface area contributed by atoms with Crippen LogP contribution in [0.2, 0.25) is 0 Å². The Morgan fingerprint density at radius 3 is 2.81 bits per heavy atom. The lowest BCUT2D eigenvalue weighted by atomic mass is 10.1. The number of ether oxygens (including phenoxy) is 1. The summed E-state index contributed by atoms with van der Waals surface area (Å²) < 4.78 is 58.9. The molecule has 1 aliphatic rings. The monoisotopic (exact) mass is 453 g/mol. The Morgan fingerprint density at radius 2 is 2.06 bits per heavy atom. The fourth-order valence-electron chi connectivity index (χ4n) is 3.43. The molecule has 2 unspecified atom stereocenters. The van der Waals surface area contributed by atoms with E-state index < -0.39 is 22.5 Å². The highest BCUT2D eigenvalue weighted by molar-refractivity contribution is 7.88. The van der Waals surface area contributed by atoms with E-state index in [2.05, 4.69) is 24.7 Å². The molecule has 13 heteroatoms. The van der Waals surface area contributed by atoms with Crippen LogP contribution >= 0.6 is 0 Å². The van der Waals surface area contributed by atoms with Crippen molar-refractivity contribution in [1.82, 2.24) is 29.1 Å². The van der Waals surface area contributed by atoms with Crippen molar-refractivity contribution in [2.75, 3.05) is 30.9 Å². The summed E-state index contributed by atoms with van der Waals surface area (Å²) in [7, 11) is -3.36. The second-order valence-corrected chi connectivity index (χ2v) is 9.04. The van der Waals surface area contributed by atoms with E-state index in [9.17, 15) is 17.2 Å². The lowest BCUT2D eigenvalue weighted by molar-refractivity contribution is 0.0239. The second-order valence-electron chi connectivity index (χ2n) is 7.26. The Balaban J connectivity index is 1.60. The van der Waals surface area contributed by atoms with Crippen LogP contribution in [0.3, 0.4) is 0 Å². The van der Waals surface area contributed by atoms with E-state index in [0.717, 1.165) is 6.26 Å². The summed E-state index contributed by atoms with van der Waals surface area (Å²) in [6.07, 6.45) is 3.61. The molecule has 2 atom stereocenters. The van der Waals surface area contributed by atoms with Crippen LogP contribution in [0.5, 0.6) is 0 Å². The number of hydrogen-bond acceptors (Lipinski definition) is 8. The molecule has 1 fully saturated rings. The predicted octanol–water partition coefficient (Wildman–Crippen LogP) is 1.27. The van der Waals surface area contributed by atoms with Gasteiger partial charge in [0, 0.05) is 31.5 Å². The summed E-state index contributed by atoms with van der Waals surface area (Å²) in [6.45, 7) is 3.13. The van der Waals surface area contributed by atoms with Gasteiger partial charge in [0.1, 0.15) is 17.2 Å². The first-order chi connectivity index (χ1) is 14.7. The molecule has 0 amide bonds. The zero-order valence-corrected chi connectivity index (χ0v) is 17.6. The lowest BCUT2D eigenvalue weighted by Crippen LogP contribution is -2.52. The van der Waals surface area contributed by atoms with Crippen molar-refractivity contribution in [3.63, 3.8) is 0 Å². The predicted molar refractivity (Wildman–Crippen MR) is 108 cm³/mol. The number of morpholine rings is 1. The van der Waals surface area contributed by atoms with Crippen LogP contribution in [-0.4, -0.2) is 70.9 Å². The van der Waals surface area contributed by atoms with Gasteiger partial charge in [0.25, 0.3) is 6.43 Å². The van der Waals surface area contributed by atoms with E-state index in [1.54, 1.807) is 19.2 Å². The maximum atomic E-state index is 13.1. The van der Waals surface area contributed by atoms with E-state index in [0.29, 0.717) is 42.7 Å². The van der Waals surface area contributed by atoms with Crippen molar-refractivity contribution in [3.8, 4) is 11.5 Å². The van der Waals surface area contributed by atoms with E-state index in [1.165, 1.54) is 23.0 Å². The van der Waals surface area contributed by atoms with Gasteiger partial charge in [-0.25, -0.2) is 41.9 Å². The van der Waals surface area contributed by atoms with E-state index >= 15 is 0 Å². The molecule has 4 heterocycles. The van der Waals surface area contributed by atoms with E-state index in [4.69, 9.17) is 4.74 Å². The Labute approximate surface area is 177 Å². The topological polar surface area (TPSA) is 115 Å². The average molecular weight is 453 g/mol. The summed E-state index contributed by atoms with van der Waals surface area (Å²) >= 11 is 0. The summed E-state index contributed by atoms with van der Waals surface area (Å²) in [5.74, 6) is 0.935. The van der Waals surface area contributed by atoms with E-state index in [-0.39, 0.29) is 11.8 Å². The summed E-state index contributed by atoms with van der Waals surface area (Å²) in [5, 5.41) is 0. The quantitative estimate of drug-likeness (QED) is 0.594. The molecule has 1 N–H and O–H groups in total. The molecule has 3 aromatic heterocycles. The fraction of sp³-hybridized carbons (Fsp3) is 0.444. The molecule has 0 bridgehead atoms. The number of fused-ring (bicyclic) bond motifs is 1. The van der Waals surface area contributed by atoms with Crippen LogP contribution < -0.4 is 9.62 Å². The Bertz CT molecular complexity index is 1190. The summed E-state index contributed by atoms with van der Waals surface area (Å²) in [4.78, 5) is 18.7. The molecule has 0 spiro atoms. The number of halogens is 2. The summed E-state index contributed by atoms with van der Waals surface area (Å²) in [6, 6.07) is 1.31. The van der Waals surface area contributed by atoms with Gasteiger partial charge in [0.2, 0.25) is 10.0 Å². The number of sulfonamides is 1. The van der Waals surface area contributed by atoms with Crippen LogP contribution in [0, 0.1) is 0 Å². The highest BCUT2D eigenvalue weighted by Crippen LogP contribution is 2.23. The third-order valence-corrected chi connectivity index (χ3v) is 5.68. The molecule has 31 heavy (non-hydrogen) atoms. The SMILES string of the molecule is CC(NS(C)(=O)=O)C1CN(c2ccnc(-c3cnc4cnc(C(F)F)cn34)n2)CCO1. The molecule has 1 saturated heterocycles. The largest absolute Gasteiger partial charge is 0.373 e. The highest BCUT2D eigenvalue weighted by Gasteiger charge is 2.28. The molecule has 1 aliphatic heterocycles. The maximum Gasteiger partial charge on any atom is 0.281 e. The van der Waals surface area contributed by atoms with Gasteiger partial charge < -0.3 is 9.64 Å². The molecule has 10 nitrogen and oxygen atoms in total. The summed E-state index contributed by atoms with van der Waals surface area (Å²) in [5.41, 5.74) is 0.491. The van der Waals surface area contributed by atoms with Crippen LogP contribution in [0.1, 0.15) is 19.0 Å². The van der Waals surface area contributed by atoms with Crippen molar-refractivity contribution >= 4 is 21.5 Å². The molecule has 0 aliphatic carbocycles. The standard InChI is InChI=1S/C18H21F2N7O3S/c1-11(25-31(2,28)29)14-10-26(5-6-30-14)15-3-4-21-18(24-15)13-7-23-16-8-22-12(17(19)20)9-27(13)16/h3-4,7-9,11,14,17,25H,5-6,10H2,1-2H3. The van der Waals surface area contributed by atoms with Gasteiger partial charge in [-0.2, -0.15) is 0 Å². The normalized spacial score (nSPS) is 18.6. The molecule has 3 aromatic rings. The molecule has 0 radical (unpaired) electrons. The van der Waals surface area contributed by atoms with Crippen molar-refractivity contribution in [2.24, 2.45) is 0 Å². The van der Waals surface area contributed by atoms with Gasteiger partial charge in [-0.15, -0.1) is 0 Å². The third-order valence-electron chi connectivity index (χ3n) is 4.88. The van der Waals surface area contributed by atoms with Gasteiger partial charge >= 0.3 is 0 Å². The Kier molecular flexibility index (Phi) is 5.81. The zero-order valence-electron chi connectivity index (χ0n) is 16.8. The van der Waals surface area contributed by atoms with Gasteiger partial charge in [-0.1, -0.05) is 0 Å². The molecule has 0 aromatic carbocycles. The minimum atomic E-state index is -3.36. The molecular weight excluding hydrogens is 432 g/mol. The number of aromatic nitrogens is 5. The number of anilines is 1. The Hall–Kier alpha value is -2.77. The minimum Gasteiger partial charge on any atom is -0.373 e. The van der Waals surface area contributed by atoms with Gasteiger partial charge in [0.05, 0.1) is 31.4 Å². The number of rotatable bonds is 6. The van der Waals surface area contributed by atoms with Gasteiger partial charge in [-0.05, 0) is 13.0 Å². The van der Waals surface area contributed by atoms with Crippen LogP contribution in [0.25, 0.3) is 17.2 Å². The zero-order chi connectivity index (χ0) is 22.2. The second kappa shape index (κ2) is 8.40. The third kappa shape index (κ3) is 4.78. The van der Waals surface area contributed by atoms with Crippen molar-refractivity contribution in [2.45, 2.75) is 25.5 Å². The number of nitrogens with zero attached hydrogens (tertiary/aromatic N) is 6. The smallest absolute Gasteiger partial charge is 0.281 e. The van der Waals surface area contributed by atoms with Crippen molar-refractivity contribution in [1.29, 1.82) is 0 Å². The fourth-order valence-corrected chi connectivity index (χ4v) is 4.26. The molecule has 4 rings (SSSR count). The number of nitrogens with one attached hydrogen (secondary N) is 1. The first kappa shape index (κ1) is 21.5. The maximum absolute atomic E-state index is 13.1.